The van der Waals surface area contributed by atoms with Crippen LogP contribution < -0.4 is 5.32 Å². The molecule has 3 rings (SSSR count). The van der Waals surface area contributed by atoms with Crippen molar-refractivity contribution < 1.29 is 4.79 Å². The Morgan fingerprint density at radius 1 is 1.22 bits per heavy atom. The number of fused-ring (bicyclic) bond motifs is 1. The first-order valence-corrected chi connectivity index (χ1v) is 5.36. The van der Waals surface area contributed by atoms with Crippen molar-refractivity contribution in [2.45, 2.75) is 0 Å². The summed E-state index contributed by atoms with van der Waals surface area (Å²) in [5.74, 6) is 0.114. The highest BCUT2D eigenvalue weighted by molar-refractivity contribution is 6.06. The van der Waals surface area contributed by atoms with Crippen LogP contribution in [0.25, 0.3) is 11.0 Å². The van der Waals surface area contributed by atoms with Gasteiger partial charge in [0.05, 0.1) is 18.0 Å². The zero-order valence-electron chi connectivity index (χ0n) is 9.29. The van der Waals surface area contributed by atoms with Crippen LogP contribution in [-0.2, 0) is 0 Å². The predicted octanol–water partition coefficient (Wildman–Crippen LogP) is 1.61. The van der Waals surface area contributed by atoms with Crippen molar-refractivity contribution in [3.05, 3.63) is 48.4 Å². The van der Waals surface area contributed by atoms with Gasteiger partial charge in [0.15, 0.2) is 5.82 Å². The molecule has 3 aromatic rings. The van der Waals surface area contributed by atoms with Crippen molar-refractivity contribution in [3.8, 4) is 0 Å². The van der Waals surface area contributed by atoms with E-state index < -0.39 is 0 Å². The Bertz CT molecular complexity index is 692. The lowest BCUT2D eigenvalue weighted by Crippen LogP contribution is -2.13. The average Bonchev–Trinajstić information content (AvgIpc) is 2.89. The Hall–Kier alpha value is -2.76. The van der Waals surface area contributed by atoms with Gasteiger partial charge in [0.2, 0.25) is 0 Å². The van der Waals surface area contributed by atoms with Gasteiger partial charge < -0.3 is 10.3 Å². The number of anilines is 1. The quantitative estimate of drug-likeness (QED) is 0.711. The molecule has 0 aliphatic heterocycles. The largest absolute Gasteiger partial charge is 0.343 e. The fraction of sp³-hybridized carbons (Fsp3) is 0. The minimum atomic E-state index is -0.236. The van der Waals surface area contributed by atoms with Gasteiger partial charge in [-0.05, 0) is 12.1 Å². The van der Waals surface area contributed by atoms with Crippen molar-refractivity contribution >= 4 is 22.8 Å². The van der Waals surface area contributed by atoms with E-state index in [1.807, 2.05) is 6.07 Å². The first-order valence-electron chi connectivity index (χ1n) is 5.36. The maximum absolute atomic E-state index is 12.0. The third-order valence-corrected chi connectivity index (χ3v) is 2.51. The Balaban J connectivity index is 1.93. The zero-order valence-corrected chi connectivity index (χ0v) is 9.29. The highest BCUT2D eigenvalue weighted by Crippen LogP contribution is 2.15. The fourth-order valence-electron chi connectivity index (χ4n) is 1.64. The molecule has 0 saturated carbocycles. The molecular formula is C12H9N5O. The summed E-state index contributed by atoms with van der Waals surface area (Å²) in [5, 5.41) is 10.4. The molecule has 2 heterocycles. The number of benzene rings is 1. The van der Waals surface area contributed by atoms with Gasteiger partial charge in [0.25, 0.3) is 5.91 Å². The summed E-state index contributed by atoms with van der Waals surface area (Å²) in [7, 11) is 0. The summed E-state index contributed by atoms with van der Waals surface area (Å²) in [6.07, 6.45) is 3.09. The summed E-state index contributed by atoms with van der Waals surface area (Å²) in [4.78, 5) is 19.0. The lowest BCUT2D eigenvalue weighted by atomic mass is 10.2. The molecule has 6 nitrogen and oxygen atoms in total. The molecular weight excluding hydrogens is 230 g/mol. The lowest BCUT2D eigenvalue weighted by Gasteiger charge is -2.03. The number of rotatable bonds is 2. The number of nitrogens with one attached hydrogen (secondary N) is 2. The molecule has 0 aliphatic carbocycles. The monoisotopic (exact) mass is 239 g/mol. The molecule has 0 radical (unpaired) electrons. The van der Waals surface area contributed by atoms with Crippen molar-refractivity contribution in [1.82, 2.24) is 20.2 Å². The molecule has 0 atom stereocenters. The van der Waals surface area contributed by atoms with Gasteiger partial charge in [-0.25, -0.2) is 4.98 Å². The average molecular weight is 239 g/mol. The molecule has 0 unspecified atom stereocenters. The van der Waals surface area contributed by atoms with Crippen LogP contribution in [0.5, 0.6) is 0 Å². The summed E-state index contributed by atoms with van der Waals surface area (Å²) in [6, 6.07) is 8.91. The molecule has 2 aromatic heterocycles. The van der Waals surface area contributed by atoms with Crippen LogP contribution in [0, 0.1) is 0 Å². The van der Waals surface area contributed by atoms with E-state index in [0.29, 0.717) is 16.9 Å². The van der Waals surface area contributed by atoms with Gasteiger partial charge in [0, 0.05) is 5.56 Å². The molecule has 18 heavy (non-hydrogen) atoms. The molecule has 88 valence electrons. The second kappa shape index (κ2) is 4.25. The van der Waals surface area contributed by atoms with Crippen LogP contribution in [0.1, 0.15) is 10.4 Å². The van der Waals surface area contributed by atoms with Crippen LogP contribution in [0.3, 0.4) is 0 Å². The lowest BCUT2D eigenvalue weighted by molar-refractivity contribution is 0.102. The summed E-state index contributed by atoms with van der Waals surface area (Å²) >= 11 is 0. The summed E-state index contributed by atoms with van der Waals surface area (Å²) in [5.41, 5.74) is 1.88. The molecule has 1 aromatic carbocycles. The number of carbonyl (C=O) groups excluding carboxylic acids is 1. The maximum Gasteiger partial charge on any atom is 0.256 e. The number of nitrogens with zero attached hydrogens (tertiary/aromatic N) is 3. The van der Waals surface area contributed by atoms with E-state index in [4.69, 9.17) is 0 Å². The van der Waals surface area contributed by atoms with Gasteiger partial charge >= 0.3 is 0 Å². The van der Waals surface area contributed by atoms with Crippen LogP contribution in [0.2, 0.25) is 0 Å². The number of carbonyl (C=O) groups is 1. The van der Waals surface area contributed by atoms with Gasteiger partial charge in [-0.1, -0.05) is 18.2 Å². The Morgan fingerprint density at radius 2 is 2.06 bits per heavy atom. The normalized spacial score (nSPS) is 10.4. The maximum atomic E-state index is 12.0. The summed E-state index contributed by atoms with van der Waals surface area (Å²) < 4.78 is 0. The third-order valence-electron chi connectivity index (χ3n) is 2.51. The SMILES string of the molecule is O=C(Nc1nncc2[nH]cnc12)c1ccccc1. The molecule has 2 N–H and O–H groups in total. The Labute approximate surface area is 102 Å². The van der Waals surface area contributed by atoms with E-state index in [2.05, 4.69) is 25.5 Å². The van der Waals surface area contributed by atoms with Gasteiger partial charge in [0.1, 0.15) is 5.52 Å². The molecule has 6 heteroatoms. The van der Waals surface area contributed by atoms with E-state index >= 15 is 0 Å². The highest BCUT2D eigenvalue weighted by Gasteiger charge is 2.10. The van der Waals surface area contributed by atoms with Crippen molar-refractivity contribution in [2.24, 2.45) is 0 Å². The molecule has 0 bridgehead atoms. The fourth-order valence-corrected chi connectivity index (χ4v) is 1.64. The van der Waals surface area contributed by atoms with Crippen molar-refractivity contribution in [1.29, 1.82) is 0 Å². The molecule has 0 spiro atoms. The molecule has 0 saturated heterocycles. The van der Waals surface area contributed by atoms with Gasteiger partial charge in [-0.15, -0.1) is 5.10 Å². The molecule has 0 fully saturated rings. The number of aromatic amines is 1. The standard InChI is InChI=1S/C12H9N5O/c18-12(8-4-2-1-3-5-8)16-11-10-9(6-15-17-11)13-7-14-10/h1-7H,(H,13,14)(H,16,17,18). The Morgan fingerprint density at radius 3 is 2.89 bits per heavy atom. The third kappa shape index (κ3) is 1.80. The van der Waals surface area contributed by atoms with E-state index in [-0.39, 0.29) is 5.91 Å². The van der Waals surface area contributed by atoms with Crippen LogP contribution in [0.15, 0.2) is 42.9 Å². The number of hydrogen-bond donors (Lipinski definition) is 2. The van der Waals surface area contributed by atoms with E-state index in [1.165, 1.54) is 6.33 Å². The van der Waals surface area contributed by atoms with Gasteiger partial charge in [-0.3, -0.25) is 4.79 Å². The van der Waals surface area contributed by atoms with Crippen LogP contribution in [-0.4, -0.2) is 26.1 Å². The minimum Gasteiger partial charge on any atom is -0.343 e. The second-order valence-electron chi connectivity index (χ2n) is 3.68. The van der Waals surface area contributed by atoms with Crippen LogP contribution >= 0.6 is 0 Å². The molecule has 0 aliphatic rings. The first-order chi connectivity index (χ1) is 8.84. The second-order valence-corrected chi connectivity index (χ2v) is 3.68. The number of aromatic nitrogens is 4. The highest BCUT2D eigenvalue weighted by atomic mass is 16.1. The van der Waals surface area contributed by atoms with Crippen molar-refractivity contribution in [3.63, 3.8) is 0 Å². The topological polar surface area (TPSA) is 83.6 Å². The Kier molecular flexibility index (Phi) is 2.45. The van der Waals surface area contributed by atoms with Crippen LogP contribution in [0.4, 0.5) is 5.82 Å². The number of hydrogen-bond acceptors (Lipinski definition) is 4. The predicted molar refractivity (Wildman–Crippen MR) is 66.1 cm³/mol. The number of H-pyrrole nitrogens is 1. The first kappa shape index (κ1) is 10.4. The van der Waals surface area contributed by atoms with E-state index in [0.717, 1.165) is 5.52 Å². The van der Waals surface area contributed by atoms with E-state index in [9.17, 15) is 4.79 Å². The minimum absolute atomic E-state index is 0.236. The zero-order chi connectivity index (χ0) is 12.4. The van der Waals surface area contributed by atoms with Crippen molar-refractivity contribution in [2.75, 3.05) is 5.32 Å². The van der Waals surface area contributed by atoms with E-state index in [1.54, 1.807) is 30.5 Å². The summed E-state index contributed by atoms with van der Waals surface area (Å²) in [6.45, 7) is 0. The number of imidazole rings is 1. The van der Waals surface area contributed by atoms with Gasteiger partial charge in [-0.2, -0.15) is 5.10 Å². The molecule has 1 amide bonds. The number of amides is 1. The smallest absolute Gasteiger partial charge is 0.256 e.